The number of likely N-dealkylation sites (N-methyl/N-ethyl adjacent to an activating group) is 1. The van der Waals surface area contributed by atoms with Gasteiger partial charge in [-0.2, -0.15) is 0 Å². The Bertz CT molecular complexity index is 1400. The molecule has 8 nitrogen and oxygen atoms in total. The van der Waals surface area contributed by atoms with E-state index in [1.807, 2.05) is 92.7 Å². The zero-order valence-corrected chi connectivity index (χ0v) is 24.9. The fraction of sp³-hybridized carbons (Fsp3) is 0.382. The average molecular weight is 569 g/mol. The van der Waals surface area contributed by atoms with Crippen molar-refractivity contribution < 1.29 is 19.1 Å². The monoisotopic (exact) mass is 568 g/mol. The van der Waals surface area contributed by atoms with Crippen LogP contribution >= 0.6 is 0 Å². The summed E-state index contributed by atoms with van der Waals surface area (Å²) in [6, 6.07) is 22.8. The van der Waals surface area contributed by atoms with E-state index in [9.17, 15) is 14.4 Å². The number of benzene rings is 3. The van der Waals surface area contributed by atoms with Gasteiger partial charge in [0.15, 0.2) is 0 Å². The molecule has 2 aliphatic heterocycles. The Labute approximate surface area is 247 Å². The van der Waals surface area contributed by atoms with Crippen molar-refractivity contribution in [2.24, 2.45) is 5.41 Å². The molecule has 2 aliphatic rings. The molecule has 8 heteroatoms. The summed E-state index contributed by atoms with van der Waals surface area (Å²) in [4.78, 5) is 43.5. The summed E-state index contributed by atoms with van der Waals surface area (Å²) in [7, 11) is 3.31. The van der Waals surface area contributed by atoms with E-state index in [2.05, 4.69) is 16.0 Å². The van der Waals surface area contributed by atoms with Crippen LogP contribution in [0.2, 0.25) is 0 Å². The number of nitrogens with zero attached hydrogens (tertiary/aromatic N) is 1. The SMILES string of the molecule is CN[C@@H](C)C(=O)N[C@H]1Cc2cc(OC)ccc2[C@H]2CC(C)(C)C(C(=O)NC(c3ccccc3)c3ccccc3)N2C1=O. The van der Waals surface area contributed by atoms with Crippen molar-refractivity contribution in [3.63, 3.8) is 0 Å². The summed E-state index contributed by atoms with van der Waals surface area (Å²) in [5.41, 5.74) is 3.28. The first kappa shape index (κ1) is 29.3. The first-order valence-electron chi connectivity index (χ1n) is 14.5. The standard InChI is InChI=1S/C34H40N4O4/c1-21(35-4)31(39)36-27-19-24-18-25(42-5)16-17-26(24)28-20-34(2,3)30(38(28)33(27)41)32(40)37-29(22-12-8-6-9-13-22)23-14-10-7-11-15-23/h6-18,21,27-30,35H,19-20H2,1-5H3,(H,36,39)(H,37,40)/t21-,27-,28+,30?/m0/s1. The number of nitrogens with one attached hydrogen (secondary N) is 3. The number of ether oxygens (including phenoxy) is 1. The third kappa shape index (κ3) is 5.63. The smallest absolute Gasteiger partial charge is 0.246 e. The highest BCUT2D eigenvalue weighted by Gasteiger charge is 2.55. The van der Waals surface area contributed by atoms with Gasteiger partial charge in [-0.25, -0.2) is 0 Å². The predicted octanol–water partition coefficient (Wildman–Crippen LogP) is 3.92. The molecule has 3 aromatic carbocycles. The van der Waals surface area contributed by atoms with Crippen LogP contribution in [-0.2, 0) is 20.8 Å². The van der Waals surface area contributed by atoms with E-state index in [0.29, 0.717) is 18.6 Å². The van der Waals surface area contributed by atoms with Gasteiger partial charge in [-0.1, -0.05) is 80.6 Å². The first-order chi connectivity index (χ1) is 20.1. The van der Waals surface area contributed by atoms with E-state index in [1.54, 1.807) is 26.0 Å². The van der Waals surface area contributed by atoms with Crippen LogP contribution in [0.1, 0.15) is 61.5 Å². The molecular weight excluding hydrogens is 528 g/mol. The van der Waals surface area contributed by atoms with E-state index < -0.39 is 23.5 Å². The molecule has 5 rings (SSSR count). The van der Waals surface area contributed by atoms with Crippen LogP contribution < -0.4 is 20.7 Å². The minimum absolute atomic E-state index is 0.223. The van der Waals surface area contributed by atoms with Crippen molar-refractivity contribution in [3.05, 3.63) is 101 Å². The molecule has 220 valence electrons. The topological polar surface area (TPSA) is 99.8 Å². The van der Waals surface area contributed by atoms with Gasteiger partial charge >= 0.3 is 0 Å². The van der Waals surface area contributed by atoms with Crippen LogP contribution in [0.5, 0.6) is 5.75 Å². The number of carbonyl (C=O) groups is 3. The van der Waals surface area contributed by atoms with Crippen LogP contribution in [0, 0.1) is 5.41 Å². The molecular formula is C34H40N4O4. The van der Waals surface area contributed by atoms with Gasteiger partial charge in [-0.05, 0) is 60.2 Å². The average Bonchev–Trinajstić information content (AvgIpc) is 3.24. The van der Waals surface area contributed by atoms with Crippen LogP contribution in [0.4, 0.5) is 0 Å². The molecule has 0 aliphatic carbocycles. The van der Waals surface area contributed by atoms with Crippen molar-refractivity contribution in [2.75, 3.05) is 14.2 Å². The second-order valence-electron chi connectivity index (χ2n) is 12.0. The van der Waals surface area contributed by atoms with Crippen LogP contribution in [-0.4, -0.2) is 54.9 Å². The molecule has 3 amide bonds. The summed E-state index contributed by atoms with van der Waals surface area (Å²) in [5, 5.41) is 9.20. The maximum absolute atomic E-state index is 14.4. The second-order valence-corrected chi connectivity index (χ2v) is 12.0. The molecule has 1 unspecified atom stereocenters. The molecule has 1 saturated heterocycles. The Hall–Kier alpha value is -4.17. The van der Waals surface area contributed by atoms with Crippen molar-refractivity contribution in [1.82, 2.24) is 20.9 Å². The largest absolute Gasteiger partial charge is 0.497 e. The number of carbonyl (C=O) groups excluding carboxylic acids is 3. The lowest BCUT2D eigenvalue weighted by Gasteiger charge is -2.35. The van der Waals surface area contributed by atoms with Gasteiger partial charge in [0.25, 0.3) is 0 Å². The molecule has 42 heavy (non-hydrogen) atoms. The predicted molar refractivity (Wildman–Crippen MR) is 162 cm³/mol. The zero-order chi connectivity index (χ0) is 30.0. The van der Waals surface area contributed by atoms with Crippen molar-refractivity contribution in [1.29, 1.82) is 0 Å². The second kappa shape index (κ2) is 12.0. The molecule has 0 saturated carbocycles. The quantitative estimate of drug-likeness (QED) is 0.383. The Morgan fingerprint density at radius 3 is 2.17 bits per heavy atom. The van der Waals surface area contributed by atoms with Crippen molar-refractivity contribution in [3.8, 4) is 5.75 Å². The lowest BCUT2D eigenvalue weighted by atomic mass is 9.81. The zero-order valence-electron chi connectivity index (χ0n) is 24.9. The lowest BCUT2D eigenvalue weighted by molar-refractivity contribution is -0.145. The van der Waals surface area contributed by atoms with Gasteiger partial charge in [-0.15, -0.1) is 0 Å². The van der Waals surface area contributed by atoms with E-state index >= 15 is 0 Å². The van der Waals surface area contributed by atoms with Gasteiger partial charge in [0.05, 0.1) is 25.2 Å². The molecule has 4 atom stereocenters. The molecule has 0 radical (unpaired) electrons. The van der Waals surface area contributed by atoms with E-state index in [4.69, 9.17) is 4.74 Å². The molecule has 0 bridgehead atoms. The minimum Gasteiger partial charge on any atom is -0.497 e. The highest BCUT2D eigenvalue weighted by Crippen LogP contribution is 2.50. The highest BCUT2D eigenvalue weighted by atomic mass is 16.5. The fourth-order valence-corrected chi connectivity index (χ4v) is 6.40. The Morgan fingerprint density at radius 2 is 1.60 bits per heavy atom. The van der Waals surface area contributed by atoms with E-state index in [1.165, 1.54) is 0 Å². The molecule has 1 fully saturated rings. The Morgan fingerprint density at radius 1 is 0.976 bits per heavy atom. The summed E-state index contributed by atoms with van der Waals surface area (Å²) in [6.45, 7) is 5.83. The molecule has 0 aromatic heterocycles. The number of rotatable bonds is 8. The van der Waals surface area contributed by atoms with Crippen molar-refractivity contribution >= 4 is 17.7 Å². The number of methoxy groups -OCH3 is 1. The summed E-state index contributed by atoms with van der Waals surface area (Å²) < 4.78 is 5.50. The third-order valence-corrected chi connectivity index (χ3v) is 8.70. The first-order valence-corrected chi connectivity index (χ1v) is 14.5. The molecule has 2 heterocycles. The summed E-state index contributed by atoms with van der Waals surface area (Å²) in [5.74, 6) is -0.0671. The number of amides is 3. The van der Waals surface area contributed by atoms with E-state index in [0.717, 1.165) is 22.3 Å². The molecule has 0 spiro atoms. The van der Waals surface area contributed by atoms with Crippen LogP contribution in [0.15, 0.2) is 78.9 Å². The Kier molecular flexibility index (Phi) is 8.36. The number of fused-ring (bicyclic) bond motifs is 3. The fourth-order valence-electron chi connectivity index (χ4n) is 6.40. The lowest BCUT2D eigenvalue weighted by Crippen LogP contribution is -2.57. The highest BCUT2D eigenvalue weighted by molar-refractivity contribution is 5.95. The maximum Gasteiger partial charge on any atom is 0.246 e. The van der Waals surface area contributed by atoms with E-state index in [-0.39, 0.29) is 29.8 Å². The maximum atomic E-state index is 14.4. The Balaban J connectivity index is 1.55. The van der Waals surface area contributed by atoms with Gasteiger partial charge in [0, 0.05) is 6.42 Å². The molecule has 3 aromatic rings. The van der Waals surface area contributed by atoms with Gasteiger partial charge in [0.2, 0.25) is 17.7 Å². The summed E-state index contributed by atoms with van der Waals surface area (Å²) in [6.07, 6.45) is 0.914. The number of hydrogen-bond acceptors (Lipinski definition) is 5. The third-order valence-electron chi connectivity index (χ3n) is 8.70. The normalized spacial score (nSPS) is 21.6. The van der Waals surface area contributed by atoms with Crippen LogP contribution in [0.3, 0.4) is 0 Å². The van der Waals surface area contributed by atoms with Gasteiger partial charge < -0.3 is 25.6 Å². The van der Waals surface area contributed by atoms with Gasteiger partial charge in [-0.3, -0.25) is 14.4 Å². The molecule has 3 N–H and O–H groups in total. The summed E-state index contributed by atoms with van der Waals surface area (Å²) >= 11 is 0. The minimum atomic E-state index is -0.826. The van der Waals surface area contributed by atoms with Crippen molar-refractivity contribution in [2.45, 2.75) is 63.8 Å². The van der Waals surface area contributed by atoms with Gasteiger partial charge in [0.1, 0.15) is 17.8 Å². The van der Waals surface area contributed by atoms with Crippen LogP contribution in [0.25, 0.3) is 0 Å². The number of hydrogen-bond donors (Lipinski definition) is 3.